The number of aromatic nitrogens is 2. The molecule has 0 amide bonds. The fraction of sp³-hybridized carbons (Fsp3) is 0.143. The van der Waals surface area contributed by atoms with E-state index in [1.165, 1.54) is 38.3 Å². The van der Waals surface area contributed by atoms with E-state index >= 15 is 0 Å². The highest BCUT2D eigenvalue weighted by atomic mass is 16.6. The number of ether oxygens (including phenoxy) is 2. The summed E-state index contributed by atoms with van der Waals surface area (Å²) in [6, 6.07) is 12.8. The highest BCUT2D eigenvalue weighted by Gasteiger charge is 2.29. The summed E-state index contributed by atoms with van der Waals surface area (Å²) in [5.74, 6) is -1.43. The zero-order valence-electron chi connectivity index (χ0n) is 17.4. The van der Waals surface area contributed by atoms with Crippen LogP contribution in [0.25, 0.3) is 0 Å². The molecule has 0 radical (unpaired) electrons. The highest BCUT2D eigenvalue weighted by molar-refractivity contribution is 5.98. The number of para-hydroxylation sites is 2. The van der Waals surface area contributed by atoms with Gasteiger partial charge in [0.1, 0.15) is 6.33 Å². The highest BCUT2D eigenvalue weighted by Crippen LogP contribution is 2.37. The number of benzene rings is 2. The SMILES string of the molecule is COC(=O)c1ccccc1Nc1ncnc(N(C)c2ccccc2C(=O)OC)c1[N+](=O)[O-]. The van der Waals surface area contributed by atoms with Gasteiger partial charge in [-0.1, -0.05) is 24.3 Å². The second kappa shape index (κ2) is 9.51. The number of carbonyl (C=O) groups excluding carboxylic acids is 2. The minimum atomic E-state index is -0.643. The first kappa shape index (κ1) is 22.2. The van der Waals surface area contributed by atoms with Crippen molar-refractivity contribution in [3.05, 3.63) is 76.1 Å². The van der Waals surface area contributed by atoms with Gasteiger partial charge >= 0.3 is 17.6 Å². The topological polar surface area (TPSA) is 137 Å². The van der Waals surface area contributed by atoms with Crippen molar-refractivity contribution in [3.8, 4) is 0 Å². The van der Waals surface area contributed by atoms with Crippen molar-refractivity contribution in [1.82, 2.24) is 9.97 Å². The Morgan fingerprint density at radius 2 is 1.56 bits per heavy atom. The van der Waals surface area contributed by atoms with Gasteiger partial charge in [0.25, 0.3) is 0 Å². The van der Waals surface area contributed by atoms with Gasteiger partial charge in [-0.2, -0.15) is 0 Å². The van der Waals surface area contributed by atoms with Crippen molar-refractivity contribution < 1.29 is 24.0 Å². The molecule has 3 aromatic rings. The van der Waals surface area contributed by atoms with Crippen molar-refractivity contribution in [2.45, 2.75) is 0 Å². The summed E-state index contributed by atoms with van der Waals surface area (Å²) in [6.07, 6.45) is 1.14. The van der Waals surface area contributed by atoms with Gasteiger partial charge in [-0.15, -0.1) is 0 Å². The van der Waals surface area contributed by atoms with E-state index < -0.39 is 22.5 Å². The first-order valence-electron chi connectivity index (χ1n) is 9.23. The van der Waals surface area contributed by atoms with Gasteiger partial charge in [0.15, 0.2) is 0 Å². The van der Waals surface area contributed by atoms with E-state index in [4.69, 9.17) is 9.47 Å². The fourth-order valence-corrected chi connectivity index (χ4v) is 3.04. The number of nitrogens with one attached hydrogen (secondary N) is 1. The average Bonchev–Trinajstić information content (AvgIpc) is 2.82. The van der Waals surface area contributed by atoms with Gasteiger partial charge in [0.2, 0.25) is 11.6 Å². The molecule has 2 aromatic carbocycles. The Hall–Kier alpha value is -4.54. The lowest BCUT2D eigenvalue weighted by molar-refractivity contribution is -0.383. The van der Waals surface area contributed by atoms with E-state index in [-0.39, 0.29) is 28.5 Å². The summed E-state index contributed by atoms with van der Waals surface area (Å²) < 4.78 is 9.56. The molecule has 1 heterocycles. The Morgan fingerprint density at radius 1 is 0.969 bits per heavy atom. The molecule has 164 valence electrons. The van der Waals surface area contributed by atoms with E-state index in [0.29, 0.717) is 5.69 Å². The van der Waals surface area contributed by atoms with Crippen molar-refractivity contribution in [2.24, 2.45) is 0 Å². The van der Waals surface area contributed by atoms with Crippen LogP contribution in [0.1, 0.15) is 20.7 Å². The minimum absolute atomic E-state index is 0.0700. The third kappa shape index (κ3) is 4.31. The number of carbonyl (C=O) groups is 2. The molecule has 0 aliphatic heterocycles. The first-order valence-corrected chi connectivity index (χ1v) is 9.23. The smallest absolute Gasteiger partial charge is 0.354 e. The average molecular weight is 437 g/mol. The summed E-state index contributed by atoms with van der Waals surface area (Å²) in [4.78, 5) is 45.0. The van der Waals surface area contributed by atoms with Gasteiger partial charge in [-0.3, -0.25) is 10.1 Å². The molecular weight excluding hydrogens is 418 g/mol. The van der Waals surface area contributed by atoms with E-state index in [1.54, 1.807) is 36.4 Å². The molecule has 0 unspecified atom stereocenters. The largest absolute Gasteiger partial charge is 0.465 e. The van der Waals surface area contributed by atoms with Crippen LogP contribution in [0.2, 0.25) is 0 Å². The monoisotopic (exact) mass is 437 g/mol. The molecule has 1 aromatic heterocycles. The summed E-state index contributed by atoms with van der Waals surface area (Å²) in [6.45, 7) is 0. The van der Waals surface area contributed by atoms with Crippen molar-refractivity contribution in [1.29, 1.82) is 0 Å². The van der Waals surface area contributed by atoms with Crippen molar-refractivity contribution in [3.63, 3.8) is 0 Å². The lowest BCUT2D eigenvalue weighted by Gasteiger charge is -2.21. The van der Waals surface area contributed by atoms with E-state index in [2.05, 4.69) is 15.3 Å². The van der Waals surface area contributed by atoms with E-state index in [9.17, 15) is 19.7 Å². The maximum absolute atomic E-state index is 12.2. The molecule has 0 saturated heterocycles. The van der Waals surface area contributed by atoms with Crippen LogP contribution < -0.4 is 10.2 Å². The Bertz CT molecular complexity index is 1180. The molecule has 0 aliphatic carbocycles. The Balaban J connectivity index is 2.11. The molecule has 11 nitrogen and oxygen atoms in total. The minimum Gasteiger partial charge on any atom is -0.465 e. The van der Waals surface area contributed by atoms with Gasteiger partial charge in [0.05, 0.1) is 41.6 Å². The number of hydrogen-bond acceptors (Lipinski definition) is 10. The number of nitro groups is 1. The van der Waals surface area contributed by atoms with E-state index in [1.807, 2.05) is 0 Å². The normalized spacial score (nSPS) is 10.2. The summed E-state index contributed by atoms with van der Waals surface area (Å²) in [7, 11) is 4.01. The lowest BCUT2D eigenvalue weighted by Crippen LogP contribution is -2.18. The van der Waals surface area contributed by atoms with Gasteiger partial charge in [-0.25, -0.2) is 19.6 Å². The summed E-state index contributed by atoms with van der Waals surface area (Å²) >= 11 is 0. The van der Waals surface area contributed by atoms with Crippen molar-refractivity contribution >= 4 is 40.6 Å². The van der Waals surface area contributed by atoms with Crippen LogP contribution in [-0.4, -0.2) is 48.1 Å². The zero-order chi connectivity index (χ0) is 23.3. The van der Waals surface area contributed by atoms with Gasteiger partial charge < -0.3 is 19.7 Å². The molecule has 11 heteroatoms. The Labute approximate surface area is 182 Å². The fourth-order valence-electron chi connectivity index (χ4n) is 3.04. The molecule has 0 bridgehead atoms. The second-order valence-corrected chi connectivity index (χ2v) is 6.38. The molecule has 0 saturated carbocycles. The molecule has 0 fully saturated rings. The van der Waals surface area contributed by atoms with E-state index in [0.717, 1.165) is 6.33 Å². The van der Waals surface area contributed by atoms with Crippen LogP contribution in [0.15, 0.2) is 54.9 Å². The first-order chi connectivity index (χ1) is 15.4. The predicted octanol–water partition coefficient (Wildman–Crippen LogP) is 3.47. The maximum Gasteiger partial charge on any atom is 0.354 e. The number of anilines is 4. The number of methoxy groups -OCH3 is 2. The van der Waals surface area contributed by atoms with Crippen LogP contribution >= 0.6 is 0 Å². The third-order valence-corrected chi connectivity index (χ3v) is 4.56. The quantitative estimate of drug-likeness (QED) is 0.332. The number of nitrogens with zero attached hydrogens (tertiary/aromatic N) is 4. The molecular formula is C21H19N5O6. The van der Waals surface area contributed by atoms with Crippen LogP contribution in [0.5, 0.6) is 0 Å². The molecule has 32 heavy (non-hydrogen) atoms. The molecule has 0 aliphatic rings. The van der Waals surface area contributed by atoms with Gasteiger partial charge in [0, 0.05) is 7.05 Å². The summed E-state index contributed by atoms with van der Waals surface area (Å²) in [5.41, 5.74) is 0.547. The number of esters is 2. The molecule has 0 spiro atoms. The van der Waals surface area contributed by atoms with Crippen molar-refractivity contribution in [2.75, 3.05) is 31.5 Å². The predicted molar refractivity (Wildman–Crippen MR) is 116 cm³/mol. The molecule has 3 rings (SSSR count). The van der Waals surface area contributed by atoms with Crippen LogP contribution in [0.3, 0.4) is 0 Å². The standard InChI is InChI=1S/C21H19N5O6/c1-25(16-11-7-5-9-14(16)21(28)32-3)19-17(26(29)30)18(22-12-23-19)24-15-10-6-4-8-13(15)20(27)31-2/h4-12H,1-3H3,(H,22,23,24). The second-order valence-electron chi connectivity index (χ2n) is 6.38. The molecule has 1 N–H and O–H groups in total. The summed E-state index contributed by atoms with van der Waals surface area (Å²) in [5, 5.41) is 14.8. The van der Waals surface area contributed by atoms with Crippen LogP contribution in [0.4, 0.5) is 28.7 Å². The lowest BCUT2D eigenvalue weighted by atomic mass is 10.1. The number of rotatable bonds is 7. The molecule has 0 atom stereocenters. The van der Waals surface area contributed by atoms with Gasteiger partial charge in [-0.05, 0) is 24.3 Å². The van der Waals surface area contributed by atoms with Crippen LogP contribution in [-0.2, 0) is 9.47 Å². The van der Waals surface area contributed by atoms with Crippen LogP contribution in [0, 0.1) is 10.1 Å². The third-order valence-electron chi connectivity index (χ3n) is 4.56. The Morgan fingerprint density at radius 3 is 2.22 bits per heavy atom. The maximum atomic E-state index is 12.2. The number of hydrogen-bond donors (Lipinski definition) is 1. The zero-order valence-corrected chi connectivity index (χ0v) is 17.4. The Kier molecular flexibility index (Phi) is 6.59.